The quantitative estimate of drug-likeness (QED) is 0.477. The number of nitroso groups, excluding NO2 is 1. The van der Waals surface area contributed by atoms with E-state index in [4.69, 9.17) is 5.73 Å². The summed E-state index contributed by atoms with van der Waals surface area (Å²) >= 11 is 0. The lowest BCUT2D eigenvalue weighted by Gasteiger charge is -1.98. The van der Waals surface area contributed by atoms with Gasteiger partial charge in [0.05, 0.1) is 0 Å². The molecule has 1 heterocycles. The highest BCUT2D eigenvalue weighted by atomic mass is 16.2. The molecule has 3 nitrogen and oxygen atoms in total. The van der Waals surface area contributed by atoms with E-state index in [1.165, 1.54) is 0 Å². The van der Waals surface area contributed by atoms with Gasteiger partial charge in [0.2, 0.25) is 0 Å². The van der Waals surface area contributed by atoms with Crippen molar-refractivity contribution >= 4 is 18.4 Å². The van der Waals surface area contributed by atoms with E-state index in [2.05, 4.69) is 5.09 Å². The monoisotopic (exact) mass is 158 g/mol. The van der Waals surface area contributed by atoms with Crippen molar-refractivity contribution in [1.82, 2.24) is 0 Å². The molecule has 0 bridgehead atoms. The van der Waals surface area contributed by atoms with Gasteiger partial charge in [0.1, 0.15) is 0 Å². The van der Waals surface area contributed by atoms with E-state index in [0.29, 0.717) is 5.60 Å². The summed E-state index contributed by atoms with van der Waals surface area (Å²) in [4.78, 5) is 10.4. The highest BCUT2D eigenvalue weighted by molar-refractivity contribution is 6.81. The molecule has 0 radical (unpaired) electrons. The predicted molar refractivity (Wildman–Crippen MR) is 49.8 cm³/mol. The molecule has 1 aliphatic rings. The van der Waals surface area contributed by atoms with Crippen LogP contribution in [0.15, 0.2) is 34.9 Å². The topological polar surface area (TPSA) is 55.4 Å². The molecule has 0 fully saturated rings. The van der Waals surface area contributed by atoms with Gasteiger partial charge >= 0.3 is 6.85 Å². The first-order chi connectivity index (χ1) is 5.83. The maximum absolute atomic E-state index is 10.4. The number of nitrogens with zero attached hydrogens (tertiary/aromatic N) is 1. The molecule has 0 saturated carbocycles. The Balaban J connectivity index is 2.56. The van der Waals surface area contributed by atoms with E-state index in [1.807, 2.05) is 24.3 Å². The minimum atomic E-state index is -0.471. The third-order valence-corrected chi connectivity index (χ3v) is 2.03. The van der Waals surface area contributed by atoms with Crippen molar-refractivity contribution in [2.45, 2.75) is 0 Å². The minimum absolute atomic E-state index is 0.471. The maximum atomic E-state index is 10.4. The number of fused-ring (bicyclic) bond motifs is 1. The Morgan fingerprint density at radius 2 is 2.08 bits per heavy atom. The summed E-state index contributed by atoms with van der Waals surface area (Å²) in [6.45, 7) is -0.471. The van der Waals surface area contributed by atoms with E-state index in [1.54, 1.807) is 6.08 Å². The minimum Gasteiger partial charge on any atom is -0.407 e. The molecule has 0 amide bonds. The zero-order valence-corrected chi connectivity index (χ0v) is 6.40. The molecule has 0 unspecified atom stereocenters. The maximum Gasteiger partial charge on any atom is 0.418 e. The van der Waals surface area contributed by atoms with Gasteiger partial charge in [-0.2, -0.15) is 4.91 Å². The third kappa shape index (κ3) is 0.846. The Labute approximate surface area is 70.3 Å². The normalized spacial score (nSPS) is 14.0. The first-order valence-corrected chi connectivity index (χ1v) is 3.71. The molecule has 0 aliphatic carbocycles. The van der Waals surface area contributed by atoms with Crippen LogP contribution in [0.2, 0.25) is 0 Å². The van der Waals surface area contributed by atoms with Crippen LogP contribution in [0.4, 0.5) is 0 Å². The van der Waals surface area contributed by atoms with Crippen molar-refractivity contribution < 1.29 is 0 Å². The number of hydrogen-bond acceptors (Lipinski definition) is 3. The summed E-state index contributed by atoms with van der Waals surface area (Å²) in [5.74, 6) is 0. The lowest BCUT2D eigenvalue weighted by molar-refractivity contribution is 1.52. The highest BCUT2D eigenvalue weighted by Gasteiger charge is 2.29. The molecule has 2 N–H and O–H groups in total. The summed E-state index contributed by atoms with van der Waals surface area (Å²) in [6.07, 6.45) is 1.79. The fourth-order valence-corrected chi connectivity index (χ4v) is 1.45. The van der Waals surface area contributed by atoms with Crippen molar-refractivity contribution in [2.75, 3.05) is 0 Å². The predicted octanol–water partition coefficient (Wildman–Crippen LogP) is 0.504. The molecule has 0 atom stereocenters. The van der Waals surface area contributed by atoms with Crippen molar-refractivity contribution in [2.24, 2.45) is 10.8 Å². The van der Waals surface area contributed by atoms with Crippen LogP contribution < -0.4 is 11.2 Å². The van der Waals surface area contributed by atoms with Crippen molar-refractivity contribution in [3.05, 3.63) is 40.3 Å². The molecular weight excluding hydrogens is 151 g/mol. The van der Waals surface area contributed by atoms with E-state index in [0.717, 1.165) is 11.0 Å². The molecular formula is C8H7BN2O. The average molecular weight is 158 g/mol. The number of rotatable bonds is 1. The van der Waals surface area contributed by atoms with Crippen LogP contribution >= 0.6 is 0 Å². The Kier molecular flexibility index (Phi) is 1.47. The number of benzene rings is 1. The number of nitrogens with two attached hydrogens (primary N) is 1. The fourth-order valence-electron chi connectivity index (χ4n) is 1.45. The van der Waals surface area contributed by atoms with Gasteiger partial charge in [-0.3, -0.25) is 0 Å². The van der Waals surface area contributed by atoms with Crippen LogP contribution in [0.1, 0.15) is 5.56 Å². The Hall–Kier alpha value is -1.58. The van der Waals surface area contributed by atoms with Gasteiger partial charge in [-0.1, -0.05) is 24.3 Å². The zero-order chi connectivity index (χ0) is 8.55. The molecule has 12 heavy (non-hydrogen) atoms. The van der Waals surface area contributed by atoms with Crippen LogP contribution in [-0.4, -0.2) is 6.85 Å². The number of hydrogen-bond donors (Lipinski definition) is 1. The molecule has 1 aliphatic heterocycles. The van der Waals surface area contributed by atoms with E-state index < -0.39 is 6.85 Å². The van der Waals surface area contributed by atoms with Gasteiger partial charge in [0.15, 0.2) is 0 Å². The SMILES string of the molecule is NC1=Cc2ccccc2B1N=O. The first kappa shape index (κ1) is 7.09. The lowest BCUT2D eigenvalue weighted by atomic mass is 9.57. The summed E-state index contributed by atoms with van der Waals surface area (Å²) in [7, 11) is 0. The van der Waals surface area contributed by atoms with Crippen LogP contribution in [0.25, 0.3) is 6.08 Å². The van der Waals surface area contributed by atoms with Gasteiger partial charge in [-0.25, -0.2) is 0 Å². The second kappa shape index (κ2) is 2.48. The summed E-state index contributed by atoms with van der Waals surface area (Å²) in [5, 5.41) is 2.97. The van der Waals surface area contributed by atoms with Crippen LogP contribution in [-0.2, 0) is 0 Å². The van der Waals surface area contributed by atoms with Gasteiger partial charge in [-0.05, 0) is 17.1 Å². The zero-order valence-electron chi connectivity index (χ0n) is 6.40. The summed E-state index contributed by atoms with van der Waals surface area (Å²) in [6, 6.07) is 7.59. The molecule has 4 heteroatoms. The van der Waals surface area contributed by atoms with Crippen LogP contribution in [0.5, 0.6) is 0 Å². The second-order valence-electron chi connectivity index (χ2n) is 2.78. The van der Waals surface area contributed by atoms with Crippen molar-refractivity contribution in [3.8, 4) is 0 Å². The largest absolute Gasteiger partial charge is 0.418 e. The Bertz CT molecular complexity index is 362. The van der Waals surface area contributed by atoms with Gasteiger partial charge in [0, 0.05) is 5.60 Å². The van der Waals surface area contributed by atoms with Crippen LogP contribution in [0, 0.1) is 4.91 Å². The molecule has 1 aromatic rings. The smallest absolute Gasteiger partial charge is 0.407 e. The molecule has 0 saturated heterocycles. The first-order valence-electron chi connectivity index (χ1n) is 3.71. The van der Waals surface area contributed by atoms with E-state index >= 15 is 0 Å². The fraction of sp³-hybridized carbons (Fsp3) is 0. The average Bonchev–Trinajstić information content (AvgIpc) is 2.40. The van der Waals surface area contributed by atoms with Gasteiger partial charge in [-0.15, -0.1) is 5.09 Å². The van der Waals surface area contributed by atoms with Crippen molar-refractivity contribution in [3.63, 3.8) is 0 Å². The molecule has 0 spiro atoms. The van der Waals surface area contributed by atoms with Gasteiger partial charge in [0.25, 0.3) is 0 Å². The van der Waals surface area contributed by atoms with Gasteiger partial charge < -0.3 is 5.73 Å². The molecule has 1 aromatic carbocycles. The Morgan fingerprint density at radius 3 is 2.83 bits per heavy atom. The molecule has 2 rings (SSSR count). The lowest BCUT2D eigenvalue weighted by Crippen LogP contribution is -2.30. The molecule has 0 aromatic heterocycles. The molecule has 58 valence electrons. The third-order valence-electron chi connectivity index (χ3n) is 2.03. The standard InChI is InChI=1S/C8H7BN2O/c10-8-5-6-3-1-2-4-7(6)9(8)11-12/h1-5H,10H2. The Morgan fingerprint density at radius 1 is 1.33 bits per heavy atom. The highest BCUT2D eigenvalue weighted by Crippen LogP contribution is 2.13. The second-order valence-corrected chi connectivity index (χ2v) is 2.78. The summed E-state index contributed by atoms with van der Waals surface area (Å²) in [5.41, 5.74) is 8.05. The van der Waals surface area contributed by atoms with E-state index in [-0.39, 0.29) is 0 Å². The van der Waals surface area contributed by atoms with E-state index in [9.17, 15) is 4.91 Å². The summed E-state index contributed by atoms with van der Waals surface area (Å²) < 4.78 is 0. The van der Waals surface area contributed by atoms with Crippen molar-refractivity contribution in [1.29, 1.82) is 0 Å². The van der Waals surface area contributed by atoms with Crippen LogP contribution in [0.3, 0.4) is 0 Å².